The Kier molecular flexibility index (Phi) is 5.79. The van der Waals surface area contributed by atoms with Gasteiger partial charge in [-0.2, -0.15) is 0 Å². The van der Waals surface area contributed by atoms with Crippen LogP contribution < -0.4 is 11.4 Å². The monoisotopic (exact) mass is 449 g/mol. The Morgan fingerprint density at radius 3 is 2.72 bits per heavy atom. The number of pyridine rings is 1. The summed E-state index contributed by atoms with van der Waals surface area (Å²) in [6.45, 7) is 1.17. The van der Waals surface area contributed by atoms with E-state index in [0.29, 0.717) is 47.7 Å². The molecule has 9 heteroatoms. The first kappa shape index (κ1) is 20.2. The number of rotatable bonds is 6. The molecule has 0 fully saturated rings. The smallest absolute Gasteiger partial charge is 0.328 e. The number of fused-ring (bicyclic) bond motifs is 1. The molecule has 150 valence electrons. The second kappa shape index (κ2) is 8.32. The van der Waals surface area contributed by atoms with Crippen LogP contribution in [0.2, 0.25) is 15.2 Å². The molecule has 0 aliphatic carbocycles. The maximum atomic E-state index is 12.9. The highest BCUT2D eigenvalue weighted by Crippen LogP contribution is 2.27. The number of imidazole rings is 1. The molecule has 0 amide bonds. The fourth-order valence-electron chi connectivity index (χ4n) is 3.46. The van der Waals surface area contributed by atoms with E-state index in [9.17, 15) is 4.79 Å². The van der Waals surface area contributed by atoms with Crippen molar-refractivity contribution in [3.63, 3.8) is 0 Å². The molecule has 0 saturated heterocycles. The highest BCUT2D eigenvalue weighted by atomic mass is 35.5. The van der Waals surface area contributed by atoms with Crippen LogP contribution in [-0.4, -0.2) is 26.4 Å². The van der Waals surface area contributed by atoms with Crippen molar-refractivity contribution in [2.45, 2.75) is 25.9 Å². The first-order chi connectivity index (χ1) is 13.9. The quantitative estimate of drug-likeness (QED) is 0.579. The molecule has 0 unspecified atom stereocenters. The standard InChI is InChI=1S/C20H18Cl3N5O/c21-13-2-1-12(16(22)8-13)7-15-11-27(20(29)28(15)6-5-24)10-14-9-18-17(25-14)3-4-19(23)26-18/h1-4,8,11H,5-7,9-10,24H2. The first-order valence-corrected chi connectivity index (χ1v) is 10.2. The molecule has 0 bridgehead atoms. The number of hydrogen-bond acceptors (Lipinski definition) is 4. The molecular formula is C20H18Cl3N5O. The van der Waals surface area contributed by atoms with Gasteiger partial charge in [-0.3, -0.25) is 14.1 Å². The molecule has 3 aromatic rings. The lowest BCUT2D eigenvalue weighted by Crippen LogP contribution is -2.29. The van der Waals surface area contributed by atoms with Crippen LogP contribution in [0.5, 0.6) is 0 Å². The second-order valence-corrected chi connectivity index (χ2v) is 8.07. The third-order valence-electron chi connectivity index (χ3n) is 4.79. The zero-order chi connectivity index (χ0) is 20.5. The second-order valence-electron chi connectivity index (χ2n) is 6.84. The maximum Gasteiger partial charge on any atom is 0.328 e. The number of nitrogens with two attached hydrogens (primary N) is 1. The summed E-state index contributed by atoms with van der Waals surface area (Å²) in [5.41, 5.74) is 9.82. The number of halogens is 3. The van der Waals surface area contributed by atoms with Gasteiger partial charge in [0.15, 0.2) is 0 Å². The van der Waals surface area contributed by atoms with Gasteiger partial charge in [-0.25, -0.2) is 9.78 Å². The van der Waals surface area contributed by atoms with Crippen molar-refractivity contribution in [3.05, 3.63) is 79.2 Å². The maximum absolute atomic E-state index is 12.9. The van der Waals surface area contributed by atoms with Crippen molar-refractivity contribution < 1.29 is 0 Å². The SMILES string of the molecule is NCCn1c(Cc2ccc(Cl)cc2Cl)cn(CC2=Nc3ccc(Cl)nc3C2)c1=O. The summed E-state index contributed by atoms with van der Waals surface area (Å²) in [6.07, 6.45) is 2.92. The van der Waals surface area contributed by atoms with E-state index in [1.165, 1.54) is 0 Å². The average Bonchev–Trinajstić information content (AvgIpc) is 3.19. The Hall–Kier alpha value is -2.12. The van der Waals surface area contributed by atoms with E-state index in [2.05, 4.69) is 9.98 Å². The molecule has 1 aliphatic rings. The molecular weight excluding hydrogens is 433 g/mol. The molecule has 4 rings (SSSR count). The van der Waals surface area contributed by atoms with Crippen LogP contribution in [0.25, 0.3) is 0 Å². The fourth-order valence-corrected chi connectivity index (χ4v) is 4.10. The van der Waals surface area contributed by atoms with Crippen molar-refractivity contribution in [2.75, 3.05) is 6.54 Å². The Balaban J connectivity index is 1.62. The third-order valence-corrected chi connectivity index (χ3v) is 5.58. The Morgan fingerprint density at radius 1 is 1.14 bits per heavy atom. The lowest BCUT2D eigenvalue weighted by Gasteiger charge is -2.07. The molecule has 1 aliphatic heterocycles. The van der Waals surface area contributed by atoms with Crippen molar-refractivity contribution in [1.29, 1.82) is 0 Å². The normalized spacial score (nSPS) is 12.9. The van der Waals surface area contributed by atoms with Gasteiger partial charge in [0.2, 0.25) is 0 Å². The summed E-state index contributed by atoms with van der Waals surface area (Å²) < 4.78 is 3.34. The van der Waals surface area contributed by atoms with Gasteiger partial charge in [0.1, 0.15) is 5.15 Å². The topological polar surface area (TPSA) is 78.2 Å². The molecule has 0 atom stereocenters. The van der Waals surface area contributed by atoms with E-state index in [4.69, 9.17) is 40.5 Å². The largest absolute Gasteiger partial charge is 0.329 e. The number of aliphatic imine (C=N–C) groups is 1. The fraction of sp³-hybridized carbons (Fsp3) is 0.250. The van der Waals surface area contributed by atoms with Gasteiger partial charge in [-0.05, 0) is 29.8 Å². The zero-order valence-electron chi connectivity index (χ0n) is 15.4. The van der Waals surface area contributed by atoms with E-state index in [1.807, 2.05) is 18.3 Å². The van der Waals surface area contributed by atoms with Crippen LogP contribution in [0.15, 0.2) is 46.3 Å². The molecule has 6 nitrogen and oxygen atoms in total. The summed E-state index contributed by atoms with van der Waals surface area (Å²) in [4.78, 5) is 21.8. The van der Waals surface area contributed by atoms with Gasteiger partial charge in [0.05, 0.1) is 17.9 Å². The highest BCUT2D eigenvalue weighted by molar-refractivity contribution is 6.35. The Morgan fingerprint density at radius 2 is 1.97 bits per heavy atom. The molecule has 0 spiro atoms. The van der Waals surface area contributed by atoms with Crippen LogP contribution in [0.3, 0.4) is 0 Å². The van der Waals surface area contributed by atoms with E-state index < -0.39 is 0 Å². The Bertz CT molecular complexity index is 1170. The highest BCUT2D eigenvalue weighted by Gasteiger charge is 2.19. The number of nitrogens with zero attached hydrogens (tertiary/aromatic N) is 4. The number of benzene rings is 1. The van der Waals surface area contributed by atoms with Gasteiger partial charge in [0, 0.05) is 53.6 Å². The van der Waals surface area contributed by atoms with Crippen LogP contribution in [-0.2, 0) is 25.9 Å². The van der Waals surface area contributed by atoms with Crippen molar-refractivity contribution in [1.82, 2.24) is 14.1 Å². The number of aromatic nitrogens is 3. The van der Waals surface area contributed by atoms with Crippen molar-refractivity contribution in [2.24, 2.45) is 10.7 Å². The van der Waals surface area contributed by atoms with Gasteiger partial charge in [-0.1, -0.05) is 40.9 Å². The van der Waals surface area contributed by atoms with E-state index in [0.717, 1.165) is 28.4 Å². The molecule has 3 heterocycles. The van der Waals surface area contributed by atoms with Crippen molar-refractivity contribution in [3.8, 4) is 0 Å². The minimum atomic E-state index is -0.125. The number of hydrogen-bond donors (Lipinski definition) is 1. The van der Waals surface area contributed by atoms with E-state index in [1.54, 1.807) is 27.3 Å². The molecule has 2 aromatic heterocycles. The van der Waals surface area contributed by atoms with Crippen molar-refractivity contribution >= 4 is 46.2 Å². The predicted molar refractivity (Wildman–Crippen MR) is 117 cm³/mol. The summed E-state index contributed by atoms with van der Waals surface area (Å²) in [6, 6.07) is 8.91. The van der Waals surface area contributed by atoms with Crippen LogP contribution in [0, 0.1) is 0 Å². The summed E-state index contributed by atoms with van der Waals surface area (Å²) in [7, 11) is 0. The predicted octanol–water partition coefficient (Wildman–Crippen LogP) is 3.88. The van der Waals surface area contributed by atoms with Gasteiger partial charge >= 0.3 is 5.69 Å². The lowest BCUT2D eigenvalue weighted by atomic mass is 10.1. The molecule has 0 saturated carbocycles. The van der Waals surface area contributed by atoms with Gasteiger partial charge < -0.3 is 5.73 Å². The van der Waals surface area contributed by atoms with Gasteiger partial charge in [-0.15, -0.1) is 0 Å². The molecule has 0 radical (unpaired) electrons. The van der Waals surface area contributed by atoms with E-state index in [-0.39, 0.29) is 5.69 Å². The minimum Gasteiger partial charge on any atom is -0.329 e. The summed E-state index contributed by atoms with van der Waals surface area (Å²) in [5.74, 6) is 0. The van der Waals surface area contributed by atoms with Gasteiger partial charge in [0.25, 0.3) is 0 Å². The molecule has 29 heavy (non-hydrogen) atoms. The molecule has 1 aromatic carbocycles. The zero-order valence-corrected chi connectivity index (χ0v) is 17.7. The minimum absolute atomic E-state index is 0.125. The average molecular weight is 451 g/mol. The first-order valence-electron chi connectivity index (χ1n) is 9.09. The van der Waals surface area contributed by atoms with E-state index >= 15 is 0 Å². The Labute approximate surface area is 182 Å². The van der Waals surface area contributed by atoms with Crippen LogP contribution in [0.4, 0.5) is 5.69 Å². The summed E-state index contributed by atoms with van der Waals surface area (Å²) in [5, 5.41) is 1.58. The third kappa shape index (κ3) is 4.26. The molecule has 2 N–H and O–H groups in total. The van der Waals surface area contributed by atoms with Crippen LogP contribution >= 0.6 is 34.8 Å². The summed E-state index contributed by atoms with van der Waals surface area (Å²) >= 11 is 18.3. The lowest BCUT2D eigenvalue weighted by molar-refractivity contribution is 0.634. The van der Waals surface area contributed by atoms with Crippen LogP contribution in [0.1, 0.15) is 17.0 Å².